The van der Waals surface area contributed by atoms with Gasteiger partial charge in [-0.3, -0.25) is 9.69 Å². The number of hydrogen-bond acceptors (Lipinski definition) is 5. The molecule has 6 nitrogen and oxygen atoms in total. The smallest absolute Gasteiger partial charge is 0.240 e. The van der Waals surface area contributed by atoms with Gasteiger partial charge in [-0.05, 0) is 18.9 Å². The average molecular weight is 318 g/mol. The molecule has 0 bridgehead atoms. The fraction of sp³-hybridized carbons (Fsp3) is 0.647. The van der Waals surface area contributed by atoms with Gasteiger partial charge in [-0.2, -0.15) is 0 Å². The highest BCUT2D eigenvalue weighted by Crippen LogP contribution is 2.34. The van der Waals surface area contributed by atoms with Gasteiger partial charge < -0.3 is 15.8 Å². The van der Waals surface area contributed by atoms with Crippen LogP contribution >= 0.6 is 0 Å². The molecular weight excluding hydrogens is 292 g/mol. The topological polar surface area (TPSA) is 80.5 Å². The van der Waals surface area contributed by atoms with Gasteiger partial charge in [0, 0.05) is 31.4 Å². The fourth-order valence-electron chi connectivity index (χ4n) is 3.76. The molecule has 2 fully saturated rings. The van der Waals surface area contributed by atoms with E-state index >= 15 is 0 Å². The summed E-state index contributed by atoms with van der Waals surface area (Å²) in [6.45, 7) is 3.53. The first-order valence-electron chi connectivity index (χ1n) is 8.53. The van der Waals surface area contributed by atoms with Gasteiger partial charge in [-0.25, -0.2) is 4.98 Å². The summed E-state index contributed by atoms with van der Waals surface area (Å²) in [7, 11) is 0. The number of amides is 1. The van der Waals surface area contributed by atoms with Crippen LogP contribution in [0.25, 0.3) is 0 Å². The average Bonchev–Trinajstić information content (AvgIpc) is 2.62. The van der Waals surface area contributed by atoms with Crippen molar-refractivity contribution in [1.29, 1.82) is 0 Å². The zero-order valence-corrected chi connectivity index (χ0v) is 13.6. The number of hydrogen-bond donors (Lipinski definition) is 2. The van der Waals surface area contributed by atoms with Crippen molar-refractivity contribution in [2.24, 2.45) is 0 Å². The minimum Gasteiger partial charge on any atom is -0.383 e. The first-order valence-corrected chi connectivity index (χ1v) is 8.53. The van der Waals surface area contributed by atoms with Crippen LogP contribution in [0.4, 0.5) is 5.82 Å². The molecule has 3 N–H and O–H groups in total. The van der Waals surface area contributed by atoms with E-state index in [4.69, 9.17) is 10.5 Å². The quantitative estimate of drug-likeness (QED) is 0.875. The van der Waals surface area contributed by atoms with Crippen LogP contribution in [0.15, 0.2) is 18.3 Å². The molecule has 0 aromatic carbocycles. The van der Waals surface area contributed by atoms with E-state index in [9.17, 15) is 4.79 Å². The van der Waals surface area contributed by atoms with E-state index in [0.717, 1.165) is 44.3 Å². The molecule has 1 aliphatic heterocycles. The Balaban J connectivity index is 1.71. The molecule has 1 saturated carbocycles. The number of anilines is 1. The Morgan fingerprint density at radius 2 is 2.04 bits per heavy atom. The van der Waals surface area contributed by atoms with E-state index in [1.54, 1.807) is 6.20 Å². The maximum absolute atomic E-state index is 13.0. The lowest BCUT2D eigenvalue weighted by Gasteiger charge is -2.46. The molecule has 1 amide bonds. The highest BCUT2D eigenvalue weighted by molar-refractivity contribution is 5.86. The lowest BCUT2D eigenvalue weighted by molar-refractivity contribution is -0.140. The summed E-state index contributed by atoms with van der Waals surface area (Å²) in [5, 5.41) is 3.11. The monoisotopic (exact) mass is 318 g/mol. The van der Waals surface area contributed by atoms with Crippen molar-refractivity contribution in [2.45, 2.75) is 44.2 Å². The third-order valence-electron chi connectivity index (χ3n) is 5.09. The van der Waals surface area contributed by atoms with Crippen molar-refractivity contribution >= 4 is 11.7 Å². The molecule has 0 spiro atoms. The lowest BCUT2D eigenvalue weighted by atomic mass is 9.79. The predicted molar refractivity (Wildman–Crippen MR) is 88.7 cm³/mol. The molecule has 1 aliphatic carbocycles. The van der Waals surface area contributed by atoms with Crippen LogP contribution in [0.2, 0.25) is 0 Å². The predicted octanol–water partition coefficient (Wildman–Crippen LogP) is 1.32. The Morgan fingerprint density at radius 3 is 2.74 bits per heavy atom. The Bertz CT molecular complexity index is 537. The molecule has 1 saturated heterocycles. The number of carbonyl (C=O) groups excluding carboxylic acids is 1. The second kappa shape index (κ2) is 7.27. The zero-order valence-electron chi connectivity index (χ0n) is 13.6. The summed E-state index contributed by atoms with van der Waals surface area (Å²) in [4.78, 5) is 19.5. The van der Waals surface area contributed by atoms with E-state index in [-0.39, 0.29) is 11.4 Å². The van der Waals surface area contributed by atoms with Gasteiger partial charge in [-0.15, -0.1) is 0 Å². The lowest BCUT2D eigenvalue weighted by Crippen LogP contribution is -2.62. The van der Waals surface area contributed by atoms with Crippen LogP contribution < -0.4 is 11.1 Å². The highest BCUT2D eigenvalue weighted by atomic mass is 16.5. The van der Waals surface area contributed by atoms with Crippen LogP contribution in [0.1, 0.15) is 37.7 Å². The Kier molecular flexibility index (Phi) is 5.13. The number of nitrogens with two attached hydrogens (primary N) is 1. The van der Waals surface area contributed by atoms with Gasteiger partial charge in [0.1, 0.15) is 11.4 Å². The van der Waals surface area contributed by atoms with Gasteiger partial charge in [0.05, 0.1) is 13.2 Å². The van der Waals surface area contributed by atoms with Gasteiger partial charge in [0.15, 0.2) is 0 Å². The summed E-state index contributed by atoms with van der Waals surface area (Å²) >= 11 is 0. The van der Waals surface area contributed by atoms with Gasteiger partial charge in [0.25, 0.3) is 0 Å². The van der Waals surface area contributed by atoms with E-state index < -0.39 is 0 Å². The van der Waals surface area contributed by atoms with E-state index in [1.807, 2.05) is 12.1 Å². The number of aromatic nitrogens is 1. The molecule has 2 heterocycles. The standard InChI is InChI=1S/C17H26N4O2/c18-15-14(5-4-8-19-15)13-20-16(22)17(6-2-1-3-7-17)21-9-11-23-12-10-21/h4-5,8H,1-3,6-7,9-13H2,(H2,18,19)(H,20,22). The van der Waals surface area contributed by atoms with E-state index in [0.29, 0.717) is 25.6 Å². The second-order valence-corrected chi connectivity index (χ2v) is 6.42. The fourth-order valence-corrected chi connectivity index (χ4v) is 3.76. The number of carbonyl (C=O) groups is 1. The molecule has 6 heteroatoms. The second-order valence-electron chi connectivity index (χ2n) is 6.42. The van der Waals surface area contributed by atoms with E-state index in [1.165, 1.54) is 6.42 Å². The normalized spacial score (nSPS) is 21.7. The molecular formula is C17H26N4O2. The van der Waals surface area contributed by atoms with Crippen molar-refractivity contribution in [3.8, 4) is 0 Å². The summed E-state index contributed by atoms with van der Waals surface area (Å²) in [6.07, 6.45) is 6.97. The minimum absolute atomic E-state index is 0.127. The minimum atomic E-state index is -0.376. The van der Waals surface area contributed by atoms with Crippen molar-refractivity contribution in [1.82, 2.24) is 15.2 Å². The SMILES string of the molecule is Nc1ncccc1CNC(=O)C1(N2CCOCC2)CCCCC1. The number of ether oxygens (including phenoxy) is 1. The molecule has 0 atom stereocenters. The molecule has 1 aromatic rings. The Morgan fingerprint density at radius 1 is 1.30 bits per heavy atom. The summed E-state index contributed by atoms with van der Waals surface area (Å²) in [5.74, 6) is 0.610. The summed E-state index contributed by atoms with van der Waals surface area (Å²) < 4.78 is 5.46. The summed E-state index contributed by atoms with van der Waals surface area (Å²) in [5.41, 5.74) is 6.36. The van der Waals surface area contributed by atoms with Crippen LogP contribution in [-0.2, 0) is 16.1 Å². The maximum Gasteiger partial charge on any atom is 0.240 e. The van der Waals surface area contributed by atoms with Crippen LogP contribution in [0, 0.1) is 0 Å². The van der Waals surface area contributed by atoms with Crippen LogP contribution in [0.3, 0.4) is 0 Å². The van der Waals surface area contributed by atoms with Gasteiger partial charge in [0.2, 0.25) is 5.91 Å². The molecule has 2 aliphatic rings. The number of nitrogens with zero attached hydrogens (tertiary/aromatic N) is 2. The van der Waals surface area contributed by atoms with Crippen molar-refractivity contribution in [3.63, 3.8) is 0 Å². The summed E-state index contributed by atoms with van der Waals surface area (Å²) in [6, 6.07) is 3.75. The third kappa shape index (κ3) is 3.48. The van der Waals surface area contributed by atoms with Gasteiger partial charge in [-0.1, -0.05) is 25.3 Å². The zero-order chi connectivity index (χ0) is 16.1. The number of morpholine rings is 1. The molecule has 0 unspecified atom stereocenters. The van der Waals surface area contributed by atoms with Gasteiger partial charge >= 0.3 is 0 Å². The maximum atomic E-state index is 13.0. The molecule has 3 rings (SSSR count). The van der Waals surface area contributed by atoms with E-state index in [2.05, 4.69) is 15.2 Å². The first-order chi connectivity index (χ1) is 11.2. The van der Waals surface area contributed by atoms with Crippen molar-refractivity contribution in [3.05, 3.63) is 23.9 Å². The molecule has 0 radical (unpaired) electrons. The number of pyridine rings is 1. The Labute approximate surface area is 137 Å². The third-order valence-corrected chi connectivity index (χ3v) is 5.09. The molecule has 126 valence electrons. The van der Waals surface area contributed by atoms with Crippen molar-refractivity contribution in [2.75, 3.05) is 32.0 Å². The highest BCUT2D eigenvalue weighted by Gasteiger charge is 2.44. The number of nitrogens with one attached hydrogen (secondary N) is 1. The number of rotatable bonds is 4. The number of nitrogen functional groups attached to an aromatic ring is 1. The van der Waals surface area contributed by atoms with Crippen LogP contribution in [-0.4, -0.2) is 47.6 Å². The van der Waals surface area contributed by atoms with Crippen LogP contribution in [0.5, 0.6) is 0 Å². The molecule has 23 heavy (non-hydrogen) atoms. The largest absolute Gasteiger partial charge is 0.383 e. The first kappa shape index (κ1) is 16.2. The Hall–Kier alpha value is -1.66. The molecule has 1 aromatic heterocycles. The van der Waals surface area contributed by atoms with Crippen molar-refractivity contribution < 1.29 is 9.53 Å².